The molecule has 88 valence electrons. The van der Waals surface area contributed by atoms with Crippen LogP contribution in [0.2, 0.25) is 0 Å². The molecular formula is C7H8BrN3O4S. The second kappa shape index (κ2) is 5.12. The van der Waals surface area contributed by atoms with Gasteiger partial charge in [-0.3, -0.25) is 4.72 Å². The normalized spacial score (nSPS) is 10.6. The number of hydrogen-bond donors (Lipinski definition) is 2. The molecule has 16 heavy (non-hydrogen) atoms. The Morgan fingerprint density at radius 2 is 2.19 bits per heavy atom. The van der Waals surface area contributed by atoms with Crippen molar-refractivity contribution < 1.29 is 17.9 Å². The van der Waals surface area contributed by atoms with Crippen LogP contribution in [-0.4, -0.2) is 26.6 Å². The number of aromatic nitrogens is 1. The summed E-state index contributed by atoms with van der Waals surface area (Å²) in [7, 11) is -2.93. The Balaban J connectivity index is 2.73. The number of hydrogen-bond acceptors (Lipinski definition) is 5. The number of pyridine rings is 1. The molecule has 9 heteroatoms. The molecule has 0 bridgehead atoms. The van der Waals surface area contributed by atoms with Crippen molar-refractivity contribution in [3.63, 3.8) is 0 Å². The van der Waals surface area contributed by atoms with Gasteiger partial charge in [0, 0.05) is 0 Å². The maximum atomic E-state index is 11.3. The quantitative estimate of drug-likeness (QED) is 0.807. The summed E-state index contributed by atoms with van der Waals surface area (Å²) >= 11 is 3.10. The van der Waals surface area contributed by atoms with Crippen LogP contribution in [0.3, 0.4) is 0 Å². The summed E-state index contributed by atoms with van der Waals surface area (Å²) in [5.74, 6) is 0. The van der Waals surface area contributed by atoms with Crippen molar-refractivity contribution in [3.05, 3.63) is 22.9 Å². The molecule has 1 aromatic heterocycles. The first kappa shape index (κ1) is 12.7. The number of amides is 1. The Morgan fingerprint density at radius 3 is 2.69 bits per heavy atom. The second-order valence-electron chi connectivity index (χ2n) is 2.57. The first-order chi connectivity index (χ1) is 7.43. The van der Waals surface area contributed by atoms with E-state index in [1.54, 1.807) is 10.8 Å². The molecule has 1 amide bonds. The lowest BCUT2D eigenvalue weighted by molar-refractivity contribution is 0.177. The predicted molar refractivity (Wildman–Crippen MR) is 60.0 cm³/mol. The van der Waals surface area contributed by atoms with Crippen LogP contribution in [0.25, 0.3) is 0 Å². The second-order valence-corrected chi connectivity index (χ2v) is 4.80. The van der Waals surface area contributed by atoms with E-state index in [0.717, 1.165) is 7.11 Å². The zero-order valence-corrected chi connectivity index (χ0v) is 10.5. The van der Waals surface area contributed by atoms with Crippen molar-refractivity contribution in [1.29, 1.82) is 0 Å². The molecule has 0 aliphatic rings. The number of nitrogens with zero attached hydrogens (tertiary/aromatic N) is 1. The first-order valence-electron chi connectivity index (χ1n) is 3.93. The Labute approximate surface area is 101 Å². The molecule has 0 atom stereocenters. The standard InChI is InChI=1S/C7H8BrN3O4S/c1-15-7(12)11-16(13,14)10-5-2-3-6(8)9-4-5/h2-4,10H,1H3,(H,11,12). The van der Waals surface area contributed by atoms with Crippen molar-refractivity contribution in [2.24, 2.45) is 0 Å². The zero-order valence-electron chi connectivity index (χ0n) is 8.10. The molecule has 2 N–H and O–H groups in total. The molecule has 1 heterocycles. The number of methoxy groups -OCH3 is 1. The largest absolute Gasteiger partial charge is 0.452 e. The Hall–Kier alpha value is -1.35. The number of halogens is 1. The Bertz CT molecular complexity index is 473. The van der Waals surface area contributed by atoms with E-state index < -0.39 is 16.3 Å². The highest BCUT2D eigenvalue weighted by atomic mass is 79.9. The summed E-state index contributed by atoms with van der Waals surface area (Å²) in [5.41, 5.74) is 0.222. The maximum Gasteiger partial charge on any atom is 0.422 e. The van der Waals surface area contributed by atoms with Crippen LogP contribution in [0.15, 0.2) is 22.9 Å². The van der Waals surface area contributed by atoms with E-state index in [1.165, 1.54) is 12.3 Å². The van der Waals surface area contributed by atoms with E-state index in [1.807, 2.05) is 0 Å². The third kappa shape index (κ3) is 4.03. The van der Waals surface area contributed by atoms with E-state index in [2.05, 4.69) is 30.4 Å². The molecule has 1 rings (SSSR count). The van der Waals surface area contributed by atoms with Gasteiger partial charge < -0.3 is 4.74 Å². The van der Waals surface area contributed by atoms with Gasteiger partial charge in [0.25, 0.3) is 0 Å². The van der Waals surface area contributed by atoms with Crippen molar-refractivity contribution in [3.8, 4) is 0 Å². The minimum Gasteiger partial charge on any atom is -0.452 e. The summed E-state index contributed by atoms with van der Waals surface area (Å²) in [5, 5.41) is 0. The first-order valence-corrected chi connectivity index (χ1v) is 6.20. The SMILES string of the molecule is COC(=O)NS(=O)(=O)Nc1ccc(Br)nc1. The van der Waals surface area contributed by atoms with E-state index in [4.69, 9.17) is 0 Å². The van der Waals surface area contributed by atoms with Crippen LogP contribution in [-0.2, 0) is 14.9 Å². The summed E-state index contributed by atoms with van der Waals surface area (Å²) in [6.45, 7) is 0. The lowest BCUT2D eigenvalue weighted by Crippen LogP contribution is -2.35. The van der Waals surface area contributed by atoms with Crippen LogP contribution < -0.4 is 9.44 Å². The average Bonchev–Trinajstić information content (AvgIpc) is 2.20. The summed E-state index contributed by atoms with van der Waals surface area (Å²) < 4.78 is 31.0. The van der Waals surface area contributed by atoms with E-state index in [0.29, 0.717) is 4.60 Å². The smallest absolute Gasteiger partial charge is 0.422 e. The fourth-order valence-electron chi connectivity index (χ4n) is 0.768. The van der Waals surface area contributed by atoms with E-state index >= 15 is 0 Å². The Morgan fingerprint density at radius 1 is 1.50 bits per heavy atom. The van der Waals surface area contributed by atoms with Crippen LogP contribution >= 0.6 is 15.9 Å². The minimum absolute atomic E-state index is 0.222. The summed E-state index contributed by atoms with van der Waals surface area (Å²) in [4.78, 5) is 14.5. The van der Waals surface area contributed by atoms with E-state index in [-0.39, 0.29) is 5.69 Å². The molecular weight excluding hydrogens is 302 g/mol. The van der Waals surface area contributed by atoms with Crippen molar-refractivity contribution in [1.82, 2.24) is 9.71 Å². The minimum atomic E-state index is -3.99. The van der Waals surface area contributed by atoms with Crippen LogP contribution in [0.4, 0.5) is 10.5 Å². The molecule has 0 unspecified atom stereocenters. The van der Waals surface area contributed by atoms with Crippen LogP contribution in [0.1, 0.15) is 0 Å². The number of anilines is 1. The third-order valence-corrected chi connectivity index (χ3v) is 2.79. The molecule has 0 saturated carbocycles. The van der Waals surface area contributed by atoms with Crippen molar-refractivity contribution >= 4 is 37.9 Å². The lowest BCUT2D eigenvalue weighted by Gasteiger charge is -2.07. The number of carbonyl (C=O) groups is 1. The fourth-order valence-corrected chi connectivity index (χ4v) is 1.79. The third-order valence-electron chi connectivity index (χ3n) is 1.38. The van der Waals surface area contributed by atoms with Gasteiger partial charge in [-0.2, -0.15) is 8.42 Å². The topological polar surface area (TPSA) is 97.4 Å². The van der Waals surface area contributed by atoms with Gasteiger partial charge in [0.2, 0.25) is 0 Å². The number of rotatable bonds is 3. The molecule has 0 aliphatic heterocycles. The highest BCUT2D eigenvalue weighted by Gasteiger charge is 2.14. The molecule has 0 aromatic carbocycles. The number of ether oxygens (including phenoxy) is 1. The molecule has 0 spiro atoms. The van der Waals surface area contributed by atoms with Crippen LogP contribution in [0.5, 0.6) is 0 Å². The molecule has 0 aliphatic carbocycles. The lowest BCUT2D eigenvalue weighted by atomic mass is 10.4. The molecule has 0 fully saturated rings. The van der Waals surface area contributed by atoms with Crippen molar-refractivity contribution in [2.75, 3.05) is 11.8 Å². The monoisotopic (exact) mass is 309 g/mol. The highest BCUT2D eigenvalue weighted by Crippen LogP contribution is 2.11. The van der Waals surface area contributed by atoms with E-state index in [9.17, 15) is 13.2 Å². The number of nitrogens with one attached hydrogen (secondary N) is 2. The summed E-state index contributed by atoms with van der Waals surface area (Å²) in [6.07, 6.45) is 0.221. The molecule has 0 radical (unpaired) electrons. The summed E-state index contributed by atoms with van der Waals surface area (Å²) in [6, 6.07) is 3.03. The van der Waals surface area contributed by atoms with Gasteiger partial charge in [-0.1, -0.05) is 0 Å². The maximum absolute atomic E-state index is 11.3. The molecule has 0 saturated heterocycles. The molecule has 1 aromatic rings. The van der Waals surface area contributed by atoms with Gasteiger partial charge in [-0.15, -0.1) is 0 Å². The van der Waals surface area contributed by atoms with Crippen LogP contribution in [0, 0.1) is 0 Å². The zero-order chi connectivity index (χ0) is 12.2. The predicted octanol–water partition coefficient (Wildman–Crippen LogP) is 0.857. The van der Waals surface area contributed by atoms with Gasteiger partial charge in [0.05, 0.1) is 19.0 Å². The number of carbonyl (C=O) groups excluding carboxylic acids is 1. The van der Waals surface area contributed by atoms with Gasteiger partial charge in [0.1, 0.15) is 4.60 Å². The van der Waals surface area contributed by atoms with Gasteiger partial charge in [0.15, 0.2) is 0 Å². The van der Waals surface area contributed by atoms with Gasteiger partial charge in [-0.25, -0.2) is 14.5 Å². The Kier molecular flexibility index (Phi) is 4.07. The van der Waals surface area contributed by atoms with Crippen molar-refractivity contribution in [2.45, 2.75) is 0 Å². The van der Waals surface area contributed by atoms with Gasteiger partial charge >= 0.3 is 16.3 Å². The highest BCUT2D eigenvalue weighted by molar-refractivity contribution is 9.10. The molecule has 7 nitrogen and oxygen atoms in total. The average molecular weight is 310 g/mol. The fraction of sp³-hybridized carbons (Fsp3) is 0.143. The van der Waals surface area contributed by atoms with Gasteiger partial charge in [-0.05, 0) is 28.1 Å².